The molecule has 4 nitrogen and oxygen atoms in total. The predicted octanol–water partition coefficient (Wildman–Crippen LogP) is 2.92. The zero-order chi connectivity index (χ0) is 13.0. The van der Waals surface area contributed by atoms with Gasteiger partial charge in [0.05, 0.1) is 35.2 Å². The fraction of sp³-hybridized carbons (Fsp3) is 0.769. The van der Waals surface area contributed by atoms with Crippen LogP contribution in [0.2, 0.25) is 0 Å². The van der Waals surface area contributed by atoms with Crippen LogP contribution in [0.1, 0.15) is 38.1 Å². The molecule has 0 spiro atoms. The molecule has 1 fully saturated rings. The summed E-state index contributed by atoms with van der Waals surface area (Å²) >= 11 is 3.62. The summed E-state index contributed by atoms with van der Waals surface area (Å²) in [4.78, 5) is 0. The molecule has 0 N–H and O–H groups in total. The second kappa shape index (κ2) is 6.68. The van der Waals surface area contributed by atoms with Crippen molar-refractivity contribution in [2.24, 2.45) is 0 Å². The van der Waals surface area contributed by atoms with Gasteiger partial charge in [0, 0.05) is 13.2 Å². The molecule has 2 heterocycles. The molecule has 0 aromatic carbocycles. The highest BCUT2D eigenvalue weighted by atomic mass is 79.9. The summed E-state index contributed by atoms with van der Waals surface area (Å²) in [7, 11) is 0. The summed E-state index contributed by atoms with van der Waals surface area (Å²) in [6.07, 6.45) is 3.50. The van der Waals surface area contributed by atoms with Crippen LogP contribution in [0.5, 0.6) is 0 Å². The van der Waals surface area contributed by atoms with Crippen molar-refractivity contribution in [1.29, 1.82) is 0 Å². The normalized spacial score (nSPS) is 19.6. The van der Waals surface area contributed by atoms with E-state index in [-0.39, 0.29) is 6.10 Å². The van der Waals surface area contributed by atoms with Crippen molar-refractivity contribution in [3.63, 3.8) is 0 Å². The van der Waals surface area contributed by atoms with Crippen molar-refractivity contribution in [2.75, 3.05) is 13.2 Å². The summed E-state index contributed by atoms with van der Waals surface area (Å²) in [5.41, 5.74) is 2.24. The lowest BCUT2D eigenvalue weighted by molar-refractivity contribution is 0.00850. The van der Waals surface area contributed by atoms with E-state index in [1.165, 1.54) is 0 Å². The minimum Gasteiger partial charge on any atom is -0.376 e. The molecule has 1 saturated heterocycles. The lowest BCUT2D eigenvalue weighted by Gasteiger charge is -2.11. The Morgan fingerprint density at radius 3 is 2.94 bits per heavy atom. The van der Waals surface area contributed by atoms with Crippen LogP contribution in [0.4, 0.5) is 0 Å². The lowest BCUT2D eigenvalue weighted by Crippen LogP contribution is -2.15. The molecule has 1 aromatic rings. The fourth-order valence-electron chi connectivity index (χ4n) is 2.22. The first-order chi connectivity index (χ1) is 8.76. The minimum absolute atomic E-state index is 0.285. The molecule has 2 rings (SSSR count). The van der Waals surface area contributed by atoms with Gasteiger partial charge in [-0.1, -0.05) is 6.92 Å². The number of rotatable bonds is 6. The van der Waals surface area contributed by atoms with Crippen molar-refractivity contribution >= 4 is 15.9 Å². The Kier molecular flexibility index (Phi) is 5.21. The third kappa shape index (κ3) is 3.13. The van der Waals surface area contributed by atoms with Gasteiger partial charge in [-0.3, -0.25) is 4.68 Å². The fourth-order valence-corrected chi connectivity index (χ4v) is 2.90. The minimum atomic E-state index is 0.285. The Bertz CT molecular complexity index is 387. The van der Waals surface area contributed by atoms with Crippen molar-refractivity contribution in [1.82, 2.24) is 9.78 Å². The number of ether oxygens (including phenoxy) is 2. The highest BCUT2D eigenvalue weighted by Crippen LogP contribution is 2.23. The monoisotopic (exact) mass is 316 g/mol. The van der Waals surface area contributed by atoms with Crippen LogP contribution in [-0.2, 0) is 29.0 Å². The predicted molar refractivity (Wildman–Crippen MR) is 73.6 cm³/mol. The van der Waals surface area contributed by atoms with E-state index < -0.39 is 0 Å². The van der Waals surface area contributed by atoms with Crippen LogP contribution < -0.4 is 0 Å². The second-order valence-corrected chi connectivity index (χ2v) is 5.32. The van der Waals surface area contributed by atoms with Gasteiger partial charge in [0.1, 0.15) is 0 Å². The summed E-state index contributed by atoms with van der Waals surface area (Å²) < 4.78 is 14.4. The molecule has 102 valence electrons. The molecular weight excluding hydrogens is 296 g/mol. The van der Waals surface area contributed by atoms with Crippen LogP contribution in [0.3, 0.4) is 0 Å². The third-order valence-electron chi connectivity index (χ3n) is 3.26. The van der Waals surface area contributed by atoms with Gasteiger partial charge in [-0.05, 0) is 42.1 Å². The van der Waals surface area contributed by atoms with E-state index in [9.17, 15) is 0 Å². The first-order valence-electron chi connectivity index (χ1n) is 6.69. The van der Waals surface area contributed by atoms with E-state index in [1.54, 1.807) is 0 Å². The van der Waals surface area contributed by atoms with E-state index in [0.717, 1.165) is 48.3 Å². The highest BCUT2D eigenvalue weighted by Gasteiger charge is 2.17. The van der Waals surface area contributed by atoms with Gasteiger partial charge in [-0.15, -0.1) is 0 Å². The van der Waals surface area contributed by atoms with Crippen LogP contribution in [0, 0.1) is 0 Å². The number of hydrogen-bond donors (Lipinski definition) is 0. The molecule has 0 aliphatic carbocycles. The number of aromatic nitrogens is 2. The Labute approximate surface area is 117 Å². The Balaban J connectivity index is 1.92. The van der Waals surface area contributed by atoms with Crippen LogP contribution in [0.25, 0.3) is 0 Å². The van der Waals surface area contributed by atoms with E-state index in [2.05, 4.69) is 34.9 Å². The van der Waals surface area contributed by atoms with E-state index in [4.69, 9.17) is 9.47 Å². The van der Waals surface area contributed by atoms with E-state index in [1.807, 2.05) is 4.68 Å². The summed E-state index contributed by atoms with van der Waals surface area (Å²) in [6, 6.07) is 0. The van der Waals surface area contributed by atoms with Gasteiger partial charge in [0.25, 0.3) is 0 Å². The molecule has 1 aromatic heterocycles. The average Bonchev–Trinajstić information content (AvgIpc) is 2.99. The second-order valence-electron chi connectivity index (χ2n) is 4.53. The number of aryl methyl sites for hydroxylation is 2. The quantitative estimate of drug-likeness (QED) is 0.809. The standard InChI is InChI=1S/C13H21BrN2O2/c1-3-11-13(14)12(16(4-2)15-11)9-17-8-10-6-5-7-18-10/h10H,3-9H2,1-2H3. The zero-order valence-electron chi connectivity index (χ0n) is 11.1. The third-order valence-corrected chi connectivity index (χ3v) is 4.18. The first kappa shape index (κ1) is 14.0. The molecule has 1 aliphatic heterocycles. The molecule has 1 atom stereocenters. The molecule has 0 amide bonds. The molecule has 1 aliphatic rings. The Hall–Kier alpha value is -0.390. The van der Waals surface area contributed by atoms with Gasteiger partial charge in [0.15, 0.2) is 0 Å². The zero-order valence-corrected chi connectivity index (χ0v) is 12.7. The molecular formula is C13H21BrN2O2. The van der Waals surface area contributed by atoms with Crippen molar-refractivity contribution in [3.05, 3.63) is 15.9 Å². The number of hydrogen-bond acceptors (Lipinski definition) is 3. The molecule has 5 heteroatoms. The van der Waals surface area contributed by atoms with Crippen molar-refractivity contribution in [3.8, 4) is 0 Å². The maximum absolute atomic E-state index is 5.77. The van der Waals surface area contributed by atoms with Crippen LogP contribution >= 0.6 is 15.9 Å². The molecule has 0 radical (unpaired) electrons. The van der Waals surface area contributed by atoms with Crippen LogP contribution in [0.15, 0.2) is 4.47 Å². The highest BCUT2D eigenvalue weighted by molar-refractivity contribution is 9.10. The van der Waals surface area contributed by atoms with Gasteiger partial charge < -0.3 is 9.47 Å². The SMILES string of the molecule is CCc1nn(CC)c(COCC2CCCO2)c1Br. The van der Waals surface area contributed by atoms with Crippen molar-refractivity contribution in [2.45, 2.75) is 52.4 Å². The first-order valence-corrected chi connectivity index (χ1v) is 7.48. The molecule has 1 unspecified atom stereocenters. The van der Waals surface area contributed by atoms with Gasteiger partial charge in [-0.2, -0.15) is 5.10 Å². The summed E-state index contributed by atoms with van der Waals surface area (Å²) in [6.45, 7) is 7.25. The van der Waals surface area contributed by atoms with Gasteiger partial charge >= 0.3 is 0 Å². The summed E-state index contributed by atoms with van der Waals surface area (Å²) in [5.74, 6) is 0. The summed E-state index contributed by atoms with van der Waals surface area (Å²) in [5, 5.41) is 4.56. The largest absolute Gasteiger partial charge is 0.376 e. The van der Waals surface area contributed by atoms with Crippen molar-refractivity contribution < 1.29 is 9.47 Å². The number of nitrogens with zero attached hydrogens (tertiary/aromatic N) is 2. The van der Waals surface area contributed by atoms with E-state index >= 15 is 0 Å². The smallest absolute Gasteiger partial charge is 0.0897 e. The van der Waals surface area contributed by atoms with Gasteiger partial charge in [0.2, 0.25) is 0 Å². The maximum atomic E-state index is 5.77. The number of halogens is 1. The molecule has 0 saturated carbocycles. The Morgan fingerprint density at radius 1 is 1.50 bits per heavy atom. The molecule has 0 bridgehead atoms. The lowest BCUT2D eigenvalue weighted by atomic mass is 10.2. The van der Waals surface area contributed by atoms with Gasteiger partial charge in [-0.25, -0.2) is 0 Å². The van der Waals surface area contributed by atoms with Crippen LogP contribution in [-0.4, -0.2) is 29.1 Å². The Morgan fingerprint density at radius 2 is 2.33 bits per heavy atom. The van der Waals surface area contributed by atoms with E-state index in [0.29, 0.717) is 13.2 Å². The maximum Gasteiger partial charge on any atom is 0.0897 e. The molecule has 18 heavy (non-hydrogen) atoms. The topological polar surface area (TPSA) is 36.3 Å². The average molecular weight is 317 g/mol.